The summed E-state index contributed by atoms with van der Waals surface area (Å²) < 4.78 is 23.1. The van der Waals surface area contributed by atoms with Crippen molar-refractivity contribution in [2.24, 2.45) is 0 Å². The normalized spacial score (nSPS) is 14.8. The van der Waals surface area contributed by atoms with Gasteiger partial charge >= 0.3 is 0 Å². The van der Waals surface area contributed by atoms with Crippen molar-refractivity contribution in [3.63, 3.8) is 0 Å². The molecule has 0 unspecified atom stereocenters. The molecule has 0 aromatic heterocycles. The zero-order valence-corrected chi connectivity index (χ0v) is 14.1. The van der Waals surface area contributed by atoms with Gasteiger partial charge in [-0.1, -0.05) is 0 Å². The van der Waals surface area contributed by atoms with Crippen LogP contribution in [-0.2, 0) is 19.4 Å². The second-order valence-electron chi connectivity index (χ2n) is 6.97. The number of hydrogen-bond acceptors (Lipinski definition) is 3. The quantitative estimate of drug-likeness (QED) is 0.548. The van der Waals surface area contributed by atoms with Gasteiger partial charge in [-0.2, -0.15) is 0 Å². The van der Waals surface area contributed by atoms with Crippen LogP contribution in [0.5, 0.6) is 0 Å². The third kappa shape index (κ3) is 12.5. The molecule has 0 aliphatic rings. The summed E-state index contributed by atoms with van der Waals surface area (Å²) in [5.74, 6) is 0.765. The lowest BCUT2D eigenvalue weighted by Gasteiger charge is -2.28. The Labute approximate surface area is 114 Å². The zero-order chi connectivity index (χ0) is 14.4. The lowest BCUT2D eigenvalue weighted by atomic mass is 10.1. The molecule has 3 nitrogen and oxygen atoms in total. The summed E-state index contributed by atoms with van der Waals surface area (Å²) in [4.78, 5) is 0. The molecular weight excluding hydrogens is 248 g/mol. The summed E-state index contributed by atoms with van der Waals surface area (Å²) in [7, 11) is -1.90. The molecule has 0 fully saturated rings. The van der Waals surface area contributed by atoms with Crippen LogP contribution < -0.4 is 0 Å². The molecule has 18 heavy (non-hydrogen) atoms. The van der Waals surface area contributed by atoms with Gasteiger partial charge in [0, 0.05) is 19.0 Å². The first-order chi connectivity index (χ1) is 7.91. The molecule has 0 bridgehead atoms. The van der Waals surface area contributed by atoms with Crippen LogP contribution in [0.25, 0.3) is 0 Å². The Hall–Kier alpha value is 0.0700. The van der Waals surface area contributed by atoms with E-state index in [9.17, 15) is 4.21 Å². The highest BCUT2D eigenvalue weighted by Gasteiger charge is 2.20. The molecule has 0 aromatic rings. The third-order valence-corrected chi connectivity index (χ3v) is 3.97. The molecule has 0 rings (SSSR count). The first-order valence-electron chi connectivity index (χ1n) is 6.73. The topological polar surface area (TPSA) is 35.5 Å². The van der Waals surface area contributed by atoms with Crippen LogP contribution >= 0.6 is 0 Å². The van der Waals surface area contributed by atoms with Crippen LogP contribution in [0, 0.1) is 0 Å². The van der Waals surface area contributed by atoms with Crippen molar-refractivity contribution in [1.82, 2.24) is 0 Å². The molecular formula is C14H32O3S. The second-order valence-corrected chi connectivity index (χ2v) is 10.6. The molecule has 4 heteroatoms. The summed E-state index contributed by atoms with van der Waals surface area (Å²) >= 11 is 0. The minimum absolute atomic E-state index is 0.0901. The first-order valence-corrected chi connectivity index (χ1v) is 9.52. The Bertz CT molecular complexity index is 273. The highest BCUT2D eigenvalue weighted by Crippen LogP contribution is 2.17. The molecule has 0 atom stereocenters. The standard InChI is InChI=1S/C14H32O3S/c1-13(2,3)16-11-9-14(4,5)17-10-8-12-18(6,7)15/h18H,8-12H2,1-7H3. The molecule has 0 saturated heterocycles. The van der Waals surface area contributed by atoms with E-state index in [0.717, 1.165) is 18.6 Å². The van der Waals surface area contributed by atoms with Gasteiger partial charge in [0.15, 0.2) is 0 Å². The minimum Gasteiger partial charge on any atom is -0.376 e. The van der Waals surface area contributed by atoms with Gasteiger partial charge in [0.25, 0.3) is 0 Å². The Morgan fingerprint density at radius 2 is 1.50 bits per heavy atom. The van der Waals surface area contributed by atoms with Gasteiger partial charge in [0.2, 0.25) is 0 Å². The summed E-state index contributed by atoms with van der Waals surface area (Å²) in [6.07, 6.45) is 5.40. The summed E-state index contributed by atoms with van der Waals surface area (Å²) in [6.45, 7) is 11.7. The molecule has 0 aromatic carbocycles. The Morgan fingerprint density at radius 1 is 0.944 bits per heavy atom. The van der Waals surface area contributed by atoms with Crippen molar-refractivity contribution in [3.05, 3.63) is 0 Å². The van der Waals surface area contributed by atoms with Gasteiger partial charge in [-0.3, -0.25) is 4.21 Å². The highest BCUT2D eigenvalue weighted by molar-refractivity contribution is 8.01. The van der Waals surface area contributed by atoms with E-state index in [2.05, 4.69) is 34.6 Å². The molecule has 0 N–H and O–H groups in total. The van der Waals surface area contributed by atoms with E-state index < -0.39 is 9.93 Å². The van der Waals surface area contributed by atoms with Crippen LogP contribution in [0.3, 0.4) is 0 Å². The molecule has 0 aliphatic carbocycles. The van der Waals surface area contributed by atoms with Gasteiger partial charge in [0.05, 0.1) is 11.2 Å². The maximum absolute atomic E-state index is 11.5. The molecule has 0 spiro atoms. The number of rotatable bonds is 8. The average molecular weight is 280 g/mol. The number of thiol groups is 1. The Morgan fingerprint density at radius 3 is 1.94 bits per heavy atom. The van der Waals surface area contributed by atoms with Crippen LogP contribution in [-0.4, -0.2) is 46.9 Å². The smallest absolute Gasteiger partial charge is 0.0648 e. The van der Waals surface area contributed by atoms with E-state index in [1.807, 2.05) is 12.5 Å². The van der Waals surface area contributed by atoms with Crippen LogP contribution in [0.2, 0.25) is 0 Å². The Balaban J connectivity index is 3.77. The van der Waals surface area contributed by atoms with Gasteiger partial charge in [-0.15, -0.1) is 9.93 Å². The van der Waals surface area contributed by atoms with E-state index in [0.29, 0.717) is 13.2 Å². The molecule has 0 saturated carbocycles. The van der Waals surface area contributed by atoms with E-state index in [1.54, 1.807) is 0 Å². The molecule has 0 radical (unpaired) electrons. The van der Waals surface area contributed by atoms with Crippen molar-refractivity contribution in [3.8, 4) is 0 Å². The maximum atomic E-state index is 11.5. The van der Waals surface area contributed by atoms with Crippen molar-refractivity contribution in [1.29, 1.82) is 0 Å². The van der Waals surface area contributed by atoms with Crippen molar-refractivity contribution in [2.75, 3.05) is 31.5 Å². The van der Waals surface area contributed by atoms with Crippen LogP contribution in [0.4, 0.5) is 0 Å². The summed E-state index contributed by atoms with van der Waals surface area (Å²) in [5.41, 5.74) is -0.260. The molecule has 112 valence electrons. The van der Waals surface area contributed by atoms with E-state index >= 15 is 0 Å². The van der Waals surface area contributed by atoms with Gasteiger partial charge in [-0.05, 0) is 60.0 Å². The first kappa shape index (κ1) is 18.1. The summed E-state index contributed by atoms with van der Waals surface area (Å²) in [6, 6.07) is 0. The Kier molecular flexibility index (Phi) is 7.04. The maximum Gasteiger partial charge on any atom is 0.0648 e. The molecule has 0 amide bonds. The van der Waals surface area contributed by atoms with Crippen molar-refractivity contribution >= 4 is 9.93 Å². The fourth-order valence-electron chi connectivity index (χ4n) is 1.47. The van der Waals surface area contributed by atoms with E-state index in [-0.39, 0.29) is 11.2 Å². The second kappa shape index (κ2) is 7.01. The fraction of sp³-hybridized carbons (Fsp3) is 1.00. The largest absolute Gasteiger partial charge is 0.376 e. The van der Waals surface area contributed by atoms with Gasteiger partial charge in [0.1, 0.15) is 0 Å². The minimum atomic E-state index is -1.90. The van der Waals surface area contributed by atoms with Crippen molar-refractivity contribution in [2.45, 2.75) is 58.7 Å². The van der Waals surface area contributed by atoms with E-state index in [1.165, 1.54) is 0 Å². The van der Waals surface area contributed by atoms with Gasteiger partial charge in [-0.25, -0.2) is 0 Å². The van der Waals surface area contributed by atoms with Gasteiger partial charge < -0.3 is 9.47 Å². The summed E-state index contributed by atoms with van der Waals surface area (Å²) in [5, 5.41) is 0. The average Bonchev–Trinajstić information content (AvgIpc) is 2.08. The lowest BCUT2D eigenvalue weighted by Crippen LogP contribution is -2.30. The van der Waals surface area contributed by atoms with Crippen LogP contribution in [0.1, 0.15) is 47.5 Å². The molecule has 0 heterocycles. The third-order valence-electron chi connectivity index (χ3n) is 2.57. The fourth-order valence-corrected chi connectivity index (χ4v) is 2.36. The SMILES string of the molecule is CC(C)(C)OCCC(C)(C)OCCC[SH](C)(C)=O. The van der Waals surface area contributed by atoms with Crippen LogP contribution in [0.15, 0.2) is 0 Å². The number of ether oxygens (including phenoxy) is 2. The predicted molar refractivity (Wildman–Crippen MR) is 81.2 cm³/mol. The molecule has 0 aliphatic heterocycles. The highest BCUT2D eigenvalue weighted by atomic mass is 32.2. The van der Waals surface area contributed by atoms with Crippen molar-refractivity contribution < 1.29 is 13.7 Å². The number of hydrogen-bond donors (Lipinski definition) is 1. The zero-order valence-electron chi connectivity index (χ0n) is 13.2. The monoisotopic (exact) mass is 280 g/mol. The lowest BCUT2D eigenvalue weighted by molar-refractivity contribution is -0.0661. The van der Waals surface area contributed by atoms with E-state index in [4.69, 9.17) is 9.47 Å². The predicted octanol–water partition coefficient (Wildman–Crippen LogP) is 2.65.